The number of carbonyl (C=O) groups is 1. The summed E-state index contributed by atoms with van der Waals surface area (Å²) in [5, 5.41) is 7.30. The molecule has 1 amide bonds. The monoisotopic (exact) mass is 321 g/mol. The van der Waals surface area contributed by atoms with Crippen molar-refractivity contribution in [3.8, 4) is 0 Å². The van der Waals surface area contributed by atoms with E-state index in [9.17, 15) is 4.79 Å². The van der Waals surface area contributed by atoms with Crippen LogP contribution in [0.25, 0.3) is 0 Å². The Bertz CT molecular complexity index is 473. The summed E-state index contributed by atoms with van der Waals surface area (Å²) in [7, 11) is 0. The predicted octanol–water partition coefficient (Wildman–Crippen LogP) is 0.818. The number of nitrogens with one attached hydrogen (secondary N) is 1. The maximum atomic E-state index is 12.1. The second kappa shape index (κ2) is 8.40. The van der Waals surface area contributed by atoms with Crippen LogP contribution >= 0.6 is 0 Å². The molecule has 0 bridgehead atoms. The molecule has 0 unspecified atom stereocenters. The number of hydrogen-bond donors (Lipinski definition) is 1. The van der Waals surface area contributed by atoms with E-state index >= 15 is 0 Å². The summed E-state index contributed by atoms with van der Waals surface area (Å²) < 4.78 is 7.57. The van der Waals surface area contributed by atoms with Crippen LogP contribution in [-0.4, -0.2) is 64.0 Å². The van der Waals surface area contributed by atoms with Gasteiger partial charge in [-0.25, -0.2) is 4.98 Å². The number of amides is 1. The van der Waals surface area contributed by atoms with Gasteiger partial charge in [0.25, 0.3) is 0 Å². The molecule has 1 atom stereocenters. The molecule has 128 valence electrons. The first-order chi connectivity index (χ1) is 11.3. The van der Waals surface area contributed by atoms with E-state index in [2.05, 4.69) is 20.3 Å². The average Bonchev–Trinajstić information content (AvgIpc) is 3.07. The zero-order chi connectivity index (χ0) is 15.9. The number of ether oxygens (including phenoxy) is 1. The van der Waals surface area contributed by atoms with Gasteiger partial charge in [0.15, 0.2) is 0 Å². The maximum Gasteiger partial charge on any atom is 0.221 e. The van der Waals surface area contributed by atoms with Gasteiger partial charge in [-0.1, -0.05) is 19.3 Å². The van der Waals surface area contributed by atoms with Crippen LogP contribution in [0.5, 0.6) is 0 Å². The zero-order valence-electron chi connectivity index (χ0n) is 13.7. The summed E-state index contributed by atoms with van der Waals surface area (Å²) in [4.78, 5) is 18.4. The Morgan fingerprint density at radius 3 is 2.96 bits per heavy atom. The Morgan fingerprint density at radius 1 is 1.30 bits per heavy atom. The van der Waals surface area contributed by atoms with Crippen molar-refractivity contribution in [1.82, 2.24) is 25.0 Å². The molecule has 1 saturated carbocycles. The van der Waals surface area contributed by atoms with Gasteiger partial charge in [-0.3, -0.25) is 14.4 Å². The van der Waals surface area contributed by atoms with Gasteiger partial charge in [0.05, 0.1) is 19.3 Å². The number of nitrogens with zero attached hydrogens (tertiary/aromatic N) is 4. The molecule has 0 spiro atoms. The minimum atomic E-state index is 0.117. The van der Waals surface area contributed by atoms with Crippen molar-refractivity contribution >= 4 is 5.91 Å². The molecule has 3 rings (SSSR count). The Kier molecular flexibility index (Phi) is 5.99. The molecule has 1 aliphatic heterocycles. The van der Waals surface area contributed by atoms with Gasteiger partial charge in [0.2, 0.25) is 5.91 Å². The largest absolute Gasteiger partial charge is 0.374 e. The van der Waals surface area contributed by atoms with Gasteiger partial charge < -0.3 is 10.1 Å². The number of carbonyl (C=O) groups excluding carboxylic acids is 1. The lowest BCUT2D eigenvalue weighted by atomic mass is 9.95. The lowest BCUT2D eigenvalue weighted by Crippen LogP contribution is -2.46. The standard InChI is InChI=1S/C16H27N5O2/c22-16(19-14-4-2-1-3-5-14)6-7-20-8-9-23-15(10-20)11-21-13-17-12-18-21/h12-15H,1-11H2,(H,19,22)/t15-/m0/s1. The minimum Gasteiger partial charge on any atom is -0.374 e. The average molecular weight is 321 g/mol. The number of hydrogen-bond acceptors (Lipinski definition) is 5. The van der Waals surface area contributed by atoms with Crippen molar-refractivity contribution < 1.29 is 9.53 Å². The summed E-state index contributed by atoms with van der Waals surface area (Å²) in [5.74, 6) is 0.191. The van der Waals surface area contributed by atoms with E-state index in [-0.39, 0.29) is 12.0 Å². The normalized spacial score (nSPS) is 23.7. The molecule has 1 aromatic rings. The van der Waals surface area contributed by atoms with E-state index in [1.165, 1.54) is 25.6 Å². The van der Waals surface area contributed by atoms with Crippen LogP contribution in [-0.2, 0) is 16.1 Å². The quantitative estimate of drug-likeness (QED) is 0.840. The van der Waals surface area contributed by atoms with E-state index in [0.29, 0.717) is 25.6 Å². The van der Waals surface area contributed by atoms with Crippen LogP contribution in [0.15, 0.2) is 12.7 Å². The molecule has 0 aromatic carbocycles. The lowest BCUT2D eigenvalue weighted by molar-refractivity contribution is -0.122. The van der Waals surface area contributed by atoms with Crippen LogP contribution in [0.4, 0.5) is 0 Å². The van der Waals surface area contributed by atoms with Crippen LogP contribution in [0.3, 0.4) is 0 Å². The summed E-state index contributed by atoms with van der Waals surface area (Å²) in [6, 6.07) is 0.404. The van der Waals surface area contributed by atoms with Gasteiger partial charge in [-0.2, -0.15) is 5.10 Å². The Hall–Kier alpha value is -1.47. The Balaban J connectivity index is 1.36. The molecule has 1 aromatic heterocycles. The van der Waals surface area contributed by atoms with Crippen molar-refractivity contribution in [3.05, 3.63) is 12.7 Å². The number of morpholine rings is 1. The Labute approximate surface area is 137 Å². The predicted molar refractivity (Wildman–Crippen MR) is 85.8 cm³/mol. The van der Waals surface area contributed by atoms with E-state index in [0.717, 1.165) is 32.5 Å². The van der Waals surface area contributed by atoms with Crippen LogP contribution < -0.4 is 5.32 Å². The summed E-state index contributed by atoms with van der Waals surface area (Å²) in [6.45, 7) is 3.96. The molecule has 2 heterocycles. The van der Waals surface area contributed by atoms with Gasteiger partial charge in [0.1, 0.15) is 12.7 Å². The van der Waals surface area contributed by atoms with Crippen LogP contribution in [0, 0.1) is 0 Å². The molecule has 7 nitrogen and oxygen atoms in total. The molecule has 1 N–H and O–H groups in total. The van der Waals surface area contributed by atoms with Crippen molar-refractivity contribution in [2.45, 2.75) is 57.2 Å². The third kappa shape index (κ3) is 5.28. The van der Waals surface area contributed by atoms with Crippen LogP contribution in [0.1, 0.15) is 38.5 Å². The zero-order valence-corrected chi connectivity index (χ0v) is 13.7. The van der Waals surface area contributed by atoms with E-state index in [1.54, 1.807) is 11.0 Å². The lowest BCUT2D eigenvalue weighted by Gasteiger charge is -2.32. The SMILES string of the molecule is O=C(CCN1CCO[C@H](Cn2cncn2)C1)NC1CCCCC1. The van der Waals surface area contributed by atoms with E-state index < -0.39 is 0 Å². The first-order valence-electron chi connectivity index (χ1n) is 8.75. The van der Waals surface area contributed by atoms with Crippen molar-refractivity contribution in [3.63, 3.8) is 0 Å². The molecule has 7 heteroatoms. The third-order valence-electron chi connectivity index (χ3n) is 4.71. The third-order valence-corrected chi connectivity index (χ3v) is 4.71. The van der Waals surface area contributed by atoms with Gasteiger partial charge >= 0.3 is 0 Å². The fourth-order valence-corrected chi connectivity index (χ4v) is 3.44. The minimum absolute atomic E-state index is 0.117. The van der Waals surface area contributed by atoms with Crippen molar-refractivity contribution in [2.75, 3.05) is 26.2 Å². The maximum absolute atomic E-state index is 12.1. The first kappa shape index (κ1) is 16.4. The number of rotatable bonds is 6. The topological polar surface area (TPSA) is 72.3 Å². The molecule has 2 aliphatic rings. The fraction of sp³-hybridized carbons (Fsp3) is 0.812. The molecule has 1 saturated heterocycles. The van der Waals surface area contributed by atoms with Crippen molar-refractivity contribution in [1.29, 1.82) is 0 Å². The summed E-state index contributed by atoms with van der Waals surface area (Å²) in [5.41, 5.74) is 0. The first-order valence-corrected chi connectivity index (χ1v) is 8.75. The highest BCUT2D eigenvalue weighted by Crippen LogP contribution is 2.17. The van der Waals surface area contributed by atoms with Crippen molar-refractivity contribution in [2.24, 2.45) is 0 Å². The molecule has 23 heavy (non-hydrogen) atoms. The van der Waals surface area contributed by atoms with E-state index in [1.807, 2.05) is 0 Å². The van der Waals surface area contributed by atoms with E-state index in [4.69, 9.17) is 4.74 Å². The summed E-state index contributed by atoms with van der Waals surface area (Å²) >= 11 is 0. The molecule has 2 fully saturated rings. The highest BCUT2D eigenvalue weighted by Gasteiger charge is 2.22. The molecule has 1 aliphatic carbocycles. The smallest absolute Gasteiger partial charge is 0.221 e. The molecule has 0 radical (unpaired) electrons. The van der Waals surface area contributed by atoms with Gasteiger partial charge in [-0.05, 0) is 12.8 Å². The second-order valence-corrected chi connectivity index (χ2v) is 6.56. The highest BCUT2D eigenvalue weighted by molar-refractivity contribution is 5.76. The second-order valence-electron chi connectivity index (χ2n) is 6.56. The highest BCUT2D eigenvalue weighted by atomic mass is 16.5. The fourth-order valence-electron chi connectivity index (χ4n) is 3.44. The molecular weight excluding hydrogens is 294 g/mol. The molecular formula is C16H27N5O2. The van der Waals surface area contributed by atoms with Crippen LogP contribution in [0.2, 0.25) is 0 Å². The van der Waals surface area contributed by atoms with Gasteiger partial charge in [0, 0.05) is 32.1 Å². The summed E-state index contributed by atoms with van der Waals surface area (Å²) in [6.07, 6.45) is 10.0. The Morgan fingerprint density at radius 2 is 2.17 bits per heavy atom. The van der Waals surface area contributed by atoms with Gasteiger partial charge in [-0.15, -0.1) is 0 Å². The number of aromatic nitrogens is 3.